The van der Waals surface area contributed by atoms with Crippen molar-refractivity contribution in [1.82, 2.24) is 20.4 Å². The molecular formula is C19H26N4O2. The van der Waals surface area contributed by atoms with Crippen molar-refractivity contribution in [2.45, 2.75) is 39.2 Å². The topological polar surface area (TPSA) is 71.3 Å². The number of nitrogens with one attached hydrogen (secondary N) is 1. The van der Waals surface area contributed by atoms with Crippen molar-refractivity contribution in [2.24, 2.45) is 5.92 Å². The number of aryl methyl sites for hydroxylation is 1. The number of carbonyl (C=O) groups is 1. The van der Waals surface area contributed by atoms with E-state index in [2.05, 4.69) is 27.4 Å². The number of hydrogen-bond donors (Lipinski definition) is 1. The van der Waals surface area contributed by atoms with Crippen molar-refractivity contribution < 1.29 is 9.32 Å². The Morgan fingerprint density at radius 1 is 1.36 bits per heavy atom. The first-order valence-corrected chi connectivity index (χ1v) is 8.95. The van der Waals surface area contributed by atoms with E-state index in [9.17, 15) is 4.79 Å². The Labute approximate surface area is 148 Å². The molecule has 0 aliphatic carbocycles. The highest BCUT2D eigenvalue weighted by molar-refractivity contribution is 5.75. The molecule has 1 atom stereocenters. The third kappa shape index (κ3) is 5.13. The standard InChI is InChI=1S/C19H26N4O2/c1-14-21-19(22-25-14)17-8-5-15(6-9-17)12-20-18(24)10-7-16-4-3-11-23(2)13-16/h5-6,8-9,16H,3-4,7,10-13H2,1-2H3,(H,20,24)/t16-/m1/s1. The van der Waals surface area contributed by atoms with E-state index in [-0.39, 0.29) is 5.91 Å². The van der Waals surface area contributed by atoms with Crippen LogP contribution < -0.4 is 5.32 Å². The molecule has 134 valence electrons. The van der Waals surface area contributed by atoms with Gasteiger partial charge in [-0.1, -0.05) is 29.4 Å². The van der Waals surface area contributed by atoms with Crippen molar-refractivity contribution >= 4 is 5.91 Å². The molecule has 3 rings (SSSR count). The molecule has 1 aromatic heterocycles. The Morgan fingerprint density at radius 2 is 2.16 bits per heavy atom. The number of likely N-dealkylation sites (tertiary alicyclic amines) is 1. The van der Waals surface area contributed by atoms with Crippen LogP contribution in [0.1, 0.15) is 37.1 Å². The fraction of sp³-hybridized carbons (Fsp3) is 0.526. The van der Waals surface area contributed by atoms with E-state index >= 15 is 0 Å². The number of hydrogen-bond acceptors (Lipinski definition) is 5. The van der Waals surface area contributed by atoms with Gasteiger partial charge in [0, 0.05) is 32.0 Å². The zero-order valence-corrected chi connectivity index (χ0v) is 15.0. The lowest BCUT2D eigenvalue weighted by atomic mass is 9.93. The van der Waals surface area contributed by atoms with Crippen molar-refractivity contribution in [3.05, 3.63) is 35.7 Å². The van der Waals surface area contributed by atoms with Crippen LogP contribution >= 0.6 is 0 Å². The number of benzene rings is 1. The van der Waals surface area contributed by atoms with Crippen LogP contribution in [0.3, 0.4) is 0 Å². The lowest BCUT2D eigenvalue weighted by Crippen LogP contribution is -2.33. The van der Waals surface area contributed by atoms with Gasteiger partial charge in [-0.25, -0.2) is 0 Å². The second-order valence-electron chi connectivity index (χ2n) is 6.92. The van der Waals surface area contributed by atoms with Gasteiger partial charge in [-0.15, -0.1) is 0 Å². The molecule has 1 aromatic carbocycles. The lowest BCUT2D eigenvalue weighted by Gasteiger charge is -2.29. The highest BCUT2D eigenvalue weighted by atomic mass is 16.5. The second-order valence-corrected chi connectivity index (χ2v) is 6.92. The summed E-state index contributed by atoms with van der Waals surface area (Å²) in [5.74, 6) is 1.93. The molecule has 1 aliphatic rings. The average molecular weight is 342 g/mol. The molecule has 1 amide bonds. The van der Waals surface area contributed by atoms with Crippen LogP contribution in [0.15, 0.2) is 28.8 Å². The molecule has 1 saturated heterocycles. The lowest BCUT2D eigenvalue weighted by molar-refractivity contribution is -0.121. The quantitative estimate of drug-likeness (QED) is 0.874. The van der Waals surface area contributed by atoms with Gasteiger partial charge in [0.1, 0.15) is 0 Å². The van der Waals surface area contributed by atoms with Crippen LogP contribution in [0.4, 0.5) is 0 Å². The summed E-state index contributed by atoms with van der Waals surface area (Å²) in [5.41, 5.74) is 1.98. The van der Waals surface area contributed by atoms with Gasteiger partial charge >= 0.3 is 0 Å². The van der Waals surface area contributed by atoms with E-state index in [1.807, 2.05) is 24.3 Å². The second kappa shape index (κ2) is 8.25. The van der Waals surface area contributed by atoms with Crippen molar-refractivity contribution in [2.75, 3.05) is 20.1 Å². The van der Waals surface area contributed by atoms with Gasteiger partial charge in [0.05, 0.1) is 0 Å². The molecule has 2 heterocycles. The minimum Gasteiger partial charge on any atom is -0.352 e. The third-order valence-corrected chi connectivity index (χ3v) is 4.73. The fourth-order valence-electron chi connectivity index (χ4n) is 3.32. The normalized spacial score (nSPS) is 18.2. The largest absolute Gasteiger partial charge is 0.352 e. The van der Waals surface area contributed by atoms with Crippen LogP contribution in [-0.4, -0.2) is 41.1 Å². The van der Waals surface area contributed by atoms with E-state index in [0.717, 1.165) is 24.1 Å². The fourth-order valence-corrected chi connectivity index (χ4v) is 3.32. The van der Waals surface area contributed by atoms with E-state index in [1.54, 1.807) is 6.92 Å². The van der Waals surface area contributed by atoms with Gasteiger partial charge in [0.2, 0.25) is 17.6 Å². The molecule has 0 unspecified atom stereocenters. The maximum atomic E-state index is 12.1. The van der Waals surface area contributed by atoms with Crippen molar-refractivity contribution in [3.8, 4) is 11.4 Å². The van der Waals surface area contributed by atoms with Gasteiger partial charge in [-0.2, -0.15) is 4.98 Å². The van der Waals surface area contributed by atoms with Gasteiger partial charge in [0.15, 0.2) is 0 Å². The van der Waals surface area contributed by atoms with Crippen molar-refractivity contribution in [1.29, 1.82) is 0 Å². The summed E-state index contributed by atoms with van der Waals surface area (Å²) < 4.78 is 4.99. The van der Waals surface area contributed by atoms with Gasteiger partial charge < -0.3 is 14.7 Å². The number of nitrogens with zero attached hydrogens (tertiary/aromatic N) is 3. The zero-order valence-electron chi connectivity index (χ0n) is 15.0. The van der Waals surface area contributed by atoms with E-state index in [0.29, 0.717) is 30.6 Å². The highest BCUT2D eigenvalue weighted by Crippen LogP contribution is 2.20. The molecule has 0 saturated carbocycles. The molecule has 25 heavy (non-hydrogen) atoms. The maximum absolute atomic E-state index is 12.1. The summed E-state index contributed by atoms with van der Waals surface area (Å²) in [6.45, 7) is 4.62. The highest BCUT2D eigenvalue weighted by Gasteiger charge is 2.17. The Hall–Kier alpha value is -2.21. The summed E-state index contributed by atoms with van der Waals surface area (Å²) in [5, 5.41) is 6.92. The Balaban J connectivity index is 1.42. The Kier molecular flexibility index (Phi) is 5.81. The number of rotatable bonds is 6. The van der Waals surface area contributed by atoms with Gasteiger partial charge in [-0.3, -0.25) is 4.79 Å². The van der Waals surface area contributed by atoms with Gasteiger partial charge in [-0.05, 0) is 44.3 Å². The Morgan fingerprint density at radius 3 is 2.84 bits per heavy atom. The first kappa shape index (κ1) is 17.6. The molecule has 0 spiro atoms. The third-order valence-electron chi connectivity index (χ3n) is 4.73. The van der Waals surface area contributed by atoms with Gasteiger partial charge in [0.25, 0.3) is 0 Å². The van der Waals surface area contributed by atoms with E-state index in [4.69, 9.17) is 4.52 Å². The summed E-state index contributed by atoms with van der Waals surface area (Å²) in [7, 11) is 2.16. The summed E-state index contributed by atoms with van der Waals surface area (Å²) in [4.78, 5) is 18.6. The zero-order chi connectivity index (χ0) is 17.6. The number of piperidine rings is 1. The molecule has 0 radical (unpaired) electrons. The first-order chi connectivity index (χ1) is 12.1. The Bertz CT molecular complexity index is 696. The molecule has 6 heteroatoms. The molecule has 1 fully saturated rings. The maximum Gasteiger partial charge on any atom is 0.223 e. The first-order valence-electron chi connectivity index (χ1n) is 8.95. The summed E-state index contributed by atoms with van der Waals surface area (Å²) in [6, 6.07) is 7.86. The van der Waals surface area contributed by atoms with Crippen LogP contribution in [0.5, 0.6) is 0 Å². The minimum atomic E-state index is 0.131. The minimum absolute atomic E-state index is 0.131. The van der Waals surface area contributed by atoms with Crippen LogP contribution in [0, 0.1) is 12.8 Å². The van der Waals surface area contributed by atoms with Crippen LogP contribution in [-0.2, 0) is 11.3 Å². The predicted octanol–water partition coefficient (Wildman–Crippen LogP) is 2.78. The summed E-state index contributed by atoms with van der Waals surface area (Å²) >= 11 is 0. The number of amides is 1. The number of carbonyl (C=O) groups excluding carboxylic acids is 1. The van der Waals surface area contributed by atoms with Crippen LogP contribution in [0.2, 0.25) is 0 Å². The number of aromatic nitrogens is 2. The average Bonchev–Trinajstić information content (AvgIpc) is 3.05. The van der Waals surface area contributed by atoms with Crippen molar-refractivity contribution in [3.63, 3.8) is 0 Å². The molecule has 6 nitrogen and oxygen atoms in total. The molecular weight excluding hydrogens is 316 g/mol. The predicted molar refractivity (Wildman–Crippen MR) is 95.8 cm³/mol. The van der Waals surface area contributed by atoms with Crippen LogP contribution in [0.25, 0.3) is 11.4 Å². The SMILES string of the molecule is Cc1nc(-c2ccc(CNC(=O)CC[C@H]3CCCN(C)C3)cc2)no1. The smallest absolute Gasteiger partial charge is 0.223 e. The van der Waals surface area contributed by atoms with E-state index in [1.165, 1.54) is 19.4 Å². The molecule has 0 bridgehead atoms. The molecule has 2 aromatic rings. The monoisotopic (exact) mass is 342 g/mol. The van der Waals surface area contributed by atoms with E-state index < -0.39 is 0 Å². The molecule has 1 aliphatic heterocycles. The summed E-state index contributed by atoms with van der Waals surface area (Å²) in [6.07, 6.45) is 4.08. The molecule has 1 N–H and O–H groups in total.